The van der Waals surface area contributed by atoms with Gasteiger partial charge in [0.15, 0.2) is 0 Å². The normalized spacial score (nSPS) is 22.7. The molecule has 1 N–H and O–H groups in total. The third-order valence-corrected chi connectivity index (χ3v) is 4.66. The molecule has 0 radical (unpaired) electrons. The summed E-state index contributed by atoms with van der Waals surface area (Å²) >= 11 is 1.90. The molecule has 5 nitrogen and oxygen atoms in total. The highest BCUT2D eigenvalue weighted by molar-refractivity contribution is 7.99. The van der Waals surface area contributed by atoms with E-state index in [4.69, 9.17) is 5.11 Å². The number of carboxylic acids is 1. The van der Waals surface area contributed by atoms with E-state index in [0.29, 0.717) is 25.9 Å². The predicted molar refractivity (Wildman–Crippen MR) is 70.8 cm³/mol. The summed E-state index contributed by atoms with van der Waals surface area (Å²) in [4.78, 5) is 26.9. The number of piperidine rings is 1. The van der Waals surface area contributed by atoms with Gasteiger partial charge in [0.05, 0.1) is 5.92 Å². The van der Waals surface area contributed by atoms with Gasteiger partial charge in [0.25, 0.3) is 0 Å². The average Bonchev–Trinajstić information content (AvgIpc) is 2.67. The lowest BCUT2D eigenvalue weighted by Gasteiger charge is -2.34. The van der Waals surface area contributed by atoms with Crippen LogP contribution in [0.25, 0.3) is 0 Å². The van der Waals surface area contributed by atoms with Crippen molar-refractivity contribution in [2.24, 2.45) is 5.92 Å². The summed E-state index contributed by atoms with van der Waals surface area (Å²) in [6, 6.07) is 0.0985. The van der Waals surface area contributed by atoms with Gasteiger partial charge in [-0.25, -0.2) is 4.79 Å². The van der Waals surface area contributed by atoms with Crippen molar-refractivity contribution in [1.82, 2.24) is 9.80 Å². The van der Waals surface area contributed by atoms with Gasteiger partial charge >= 0.3 is 12.0 Å². The Morgan fingerprint density at radius 1 is 1.00 bits per heavy atom. The Balaban J connectivity index is 1.84. The van der Waals surface area contributed by atoms with E-state index in [1.54, 1.807) is 0 Å². The van der Waals surface area contributed by atoms with E-state index >= 15 is 0 Å². The number of rotatable bonds is 1. The molecule has 102 valence electrons. The topological polar surface area (TPSA) is 60.9 Å². The number of amides is 2. The first-order valence-electron chi connectivity index (χ1n) is 6.53. The summed E-state index contributed by atoms with van der Waals surface area (Å²) in [6.07, 6.45) is 2.23. The summed E-state index contributed by atoms with van der Waals surface area (Å²) in [5, 5.41) is 8.93. The fraction of sp³-hybridized carbons (Fsp3) is 0.833. The quantitative estimate of drug-likeness (QED) is 0.782. The zero-order valence-electron chi connectivity index (χ0n) is 10.5. The molecule has 2 aliphatic heterocycles. The second-order valence-electron chi connectivity index (χ2n) is 4.84. The SMILES string of the molecule is O=C(O)C1CCN(C(=O)N2CCCSCC2)CC1. The van der Waals surface area contributed by atoms with E-state index in [1.807, 2.05) is 21.6 Å². The molecule has 0 atom stereocenters. The molecule has 0 saturated carbocycles. The van der Waals surface area contributed by atoms with Crippen LogP contribution >= 0.6 is 11.8 Å². The molecular weight excluding hydrogens is 252 g/mol. The van der Waals surface area contributed by atoms with Crippen LogP contribution in [0.3, 0.4) is 0 Å². The van der Waals surface area contributed by atoms with Crippen LogP contribution in [0.15, 0.2) is 0 Å². The molecule has 2 fully saturated rings. The minimum atomic E-state index is -0.728. The number of hydrogen-bond donors (Lipinski definition) is 1. The minimum Gasteiger partial charge on any atom is -0.481 e. The fourth-order valence-electron chi connectivity index (χ4n) is 2.46. The van der Waals surface area contributed by atoms with Crippen molar-refractivity contribution in [2.75, 3.05) is 37.7 Å². The van der Waals surface area contributed by atoms with Crippen molar-refractivity contribution in [1.29, 1.82) is 0 Å². The van der Waals surface area contributed by atoms with Gasteiger partial charge in [0.2, 0.25) is 0 Å². The molecule has 0 aromatic carbocycles. The summed E-state index contributed by atoms with van der Waals surface area (Å²) in [7, 11) is 0. The molecule has 0 bridgehead atoms. The third kappa shape index (κ3) is 3.31. The Hall–Kier alpha value is -0.910. The fourth-order valence-corrected chi connectivity index (χ4v) is 3.34. The highest BCUT2D eigenvalue weighted by Gasteiger charge is 2.29. The molecule has 0 aromatic heterocycles. The summed E-state index contributed by atoms with van der Waals surface area (Å²) < 4.78 is 0. The van der Waals surface area contributed by atoms with Crippen LogP contribution in [0.2, 0.25) is 0 Å². The Morgan fingerprint density at radius 2 is 1.67 bits per heavy atom. The van der Waals surface area contributed by atoms with Crippen molar-refractivity contribution in [3.8, 4) is 0 Å². The van der Waals surface area contributed by atoms with Crippen molar-refractivity contribution in [3.05, 3.63) is 0 Å². The summed E-state index contributed by atoms with van der Waals surface area (Å²) in [5.74, 6) is 1.14. The molecule has 2 heterocycles. The van der Waals surface area contributed by atoms with Gasteiger partial charge in [0.1, 0.15) is 0 Å². The standard InChI is InChI=1S/C12H20N2O3S/c15-11(16)10-2-5-14(6-3-10)12(17)13-4-1-8-18-9-7-13/h10H,1-9H2,(H,15,16). The maximum Gasteiger partial charge on any atom is 0.320 e. The first-order valence-corrected chi connectivity index (χ1v) is 7.68. The highest BCUT2D eigenvalue weighted by atomic mass is 32.2. The molecule has 0 aliphatic carbocycles. The molecular formula is C12H20N2O3S. The lowest BCUT2D eigenvalue weighted by Crippen LogP contribution is -2.48. The number of carbonyl (C=O) groups is 2. The number of likely N-dealkylation sites (tertiary alicyclic amines) is 1. The van der Waals surface area contributed by atoms with Crippen LogP contribution in [0.5, 0.6) is 0 Å². The van der Waals surface area contributed by atoms with Gasteiger partial charge in [-0.2, -0.15) is 11.8 Å². The van der Waals surface area contributed by atoms with Crippen LogP contribution < -0.4 is 0 Å². The molecule has 6 heteroatoms. The van der Waals surface area contributed by atoms with Crippen LogP contribution in [-0.2, 0) is 4.79 Å². The lowest BCUT2D eigenvalue weighted by molar-refractivity contribution is -0.143. The Morgan fingerprint density at radius 3 is 2.33 bits per heavy atom. The second kappa shape index (κ2) is 6.31. The third-order valence-electron chi connectivity index (χ3n) is 3.61. The van der Waals surface area contributed by atoms with Crippen LogP contribution in [-0.4, -0.2) is 64.6 Å². The van der Waals surface area contributed by atoms with Gasteiger partial charge in [-0.3, -0.25) is 4.79 Å². The molecule has 18 heavy (non-hydrogen) atoms. The number of hydrogen-bond acceptors (Lipinski definition) is 3. The van der Waals surface area contributed by atoms with Gasteiger partial charge < -0.3 is 14.9 Å². The van der Waals surface area contributed by atoms with Crippen molar-refractivity contribution in [3.63, 3.8) is 0 Å². The smallest absolute Gasteiger partial charge is 0.320 e. The average molecular weight is 272 g/mol. The van der Waals surface area contributed by atoms with Gasteiger partial charge in [0, 0.05) is 31.9 Å². The number of aliphatic carboxylic acids is 1. The number of carboxylic acid groups (broad SMARTS) is 1. The van der Waals surface area contributed by atoms with Gasteiger partial charge in [-0.1, -0.05) is 0 Å². The van der Waals surface area contributed by atoms with Crippen LogP contribution in [0.1, 0.15) is 19.3 Å². The Kier molecular flexibility index (Phi) is 4.74. The lowest BCUT2D eigenvalue weighted by atomic mass is 9.97. The maximum atomic E-state index is 12.3. The number of thioether (sulfide) groups is 1. The molecule has 0 aromatic rings. The van der Waals surface area contributed by atoms with Crippen molar-refractivity contribution in [2.45, 2.75) is 19.3 Å². The van der Waals surface area contributed by atoms with Crippen molar-refractivity contribution >= 4 is 23.8 Å². The van der Waals surface area contributed by atoms with E-state index in [9.17, 15) is 9.59 Å². The van der Waals surface area contributed by atoms with E-state index < -0.39 is 5.97 Å². The van der Waals surface area contributed by atoms with E-state index in [2.05, 4.69) is 0 Å². The Labute approximate surface area is 112 Å². The summed E-state index contributed by atoms with van der Waals surface area (Å²) in [6.45, 7) is 2.83. The summed E-state index contributed by atoms with van der Waals surface area (Å²) in [5.41, 5.74) is 0. The molecule has 0 unspecified atom stereocenters. The Bertz CT molecular complexity index is 308. The zero-order chi connectivity index (χ0) is 13.0. The number of urea groups is 1. The second-order valence-corrected chi connectivity index (χ2v) is 6.06. The molecule has 2 amide bonds. The predicted octanol–water partition coefficient (Wildman–Crippen LogP) is 1.34. The van der Waals surface area contributed by atoms with Crippen LogP contribution in [0.4, 0.5) is 4.79 Å². The zero-order valence-corrected chi connectivity index (χ0v) is 11.3. The largest absolute Gasteiger partial charge is 0.481 e. The highest BCUT2D eigenvalue weighted by Crippen LogP contribution is 2.19. The molecule has 2 aliphatic rings. The van der Waals surface area contributed by atoms with E-state index in [0.717, 1.165) is 31.0 Å². The first kappa shape index (κ1) is 13.5. The first-order chi connectivity index (χ1) is 8.68. The molecule has 2 saturated heterocycles. The monoisotopic (exact) mass is 272 g/mol. The van der Waals surface area contributed by atoms with Crippen LogP contribution in [0, 0.1) is 5.92 Å². The number of carbonyl (C=O) groups excluding carboxylic acids is 1. The van der Waals surface area contributed by atoms with Crippen molar-refractivity contribution < 1.29 is 14.7 Å². The van der Waals surface area contributed by atoms with Gasteiger partial charge in [-0.15, -0.1) is 0 Å². The van der Waals surface area contributed by atoms with E-state index in [1.165, 1.54) is 0 Å². The number of nitrogens with zero attached hydrogens (tertiary/aromatic N) is 2. The minimum absolute atomic E-state index is 0.0985. The molecule has 2 rings (SSSR count). The maximum absolute atomic E-state index is 12.3. The molecule has 0 spiro atoms. The van der Waals surface area contributed by atoms with Gasteiger partial charge in [-0.05, 0) is 25.0 Å². The van der Waals surface area contributed by atoms with E-state index in [-0.39, 0.29) is 11.9 Å².